The Morgan fingerprint density at radius 2 is 2.25 bits per heavy atom. The monoisotopic (exact) mass is 298 g/mol. The van der Waals surface area contributed by atoms with E-state index in [-0.39, 0.29) is 17.5 Å². The van der Waals surface area contributed by atoms with Gasteiger partial charge in [-0.3, -0.25) is 4.79 Å². The van der Waals surface area contributed by atoms with Crippen LogP contribution < -0.4 is 0 Å². The zero-order chi connectivity index (χ0) is 9.14. The molecule has 0 aliphatic heterocycles. The van der Waals surface area contributed by atoms with Crippen LogP contribution in [-0.2, 0) is 0 Å². The zero-order valence-corrected chi connectivity index (χ0v) is 8.89. The Labute approximate surface area is 88.1 Å². The van der Waals surface area contributed by atoms with Crippen LogP contribution in [-0.4, -0.2) is 11.7 Å². The Balaban J connectivity index is 3.16. The molecule has 0 aliphatic rings. The number of carbonyl (C=O) groups is 1. The standard InChI is InChI=1S/C8H5ClFIO/c9-4-7(12)5-2-1-3-6(10)8(5)11/h1-3H,4H2. The fourth-order valence-corrected chi connectivity index (χ4v) is 1.60. The van der Waals surface area contributed by atoms with Crippen LogP contribution in [0.25, 0.3) is 0 Å². The van der Waals surface area contributed by atoms with E-state index in [2.05, 4.69) is 0 Å². The van der Waals surface area contributed by atoms with E-state index in [0.717, 1.165) is 0 Å². The molecule has 0 saturated heterocycles. The van der Waals surface area contributed by atoms with Crippen molar-refractivity contribution in [2.45, 2.75) is 0 Å². The lowest BCUT2D eigenvalue weighted by Gasteiger charge is -2.00. The summed E-state index contributed by atoms with van der Waals surface area (Å²) in [5, 5.41) is 0. The maximum Gasteiger partial charge on any atom is 0.178 e. The fraction of sp³-hybridized carbons (Fsp3) is 0.125. The predicted octanol–water partition coefficient (Wildman–Crippen LogP) is 2.85. The molecule has 0 bridgehead atoms. The number of benzene rings is 1. The molecule has 1 aromatic rings. The third-order valence-electron chi connectivity index (χ3n) is 1.37. The van der Waals surface area contributed by atoms with Crippen molar-refractivity contribution in [2.75, 3.05) is 5.88 Å². The highest BCUT2D eigenvalue weighted by Crippen LogP contribution is 2.16. The summed E-state index contributed by atoms with van der Waals surface area (Å²) in [7, 11) is 0. The number of hydrogen-bond acceptors (Lipinski definition) is 1. The van der Waals surface area contributed by atoms with Crippen molar-refractivity contribution in [3.05, 3.63) is 33.1 Å². The maximum atomic E-state index is 12.9. The molecule has 1 rings (SSSR count). The predicted molar refractivity (Wildman–Crippen MR) is 54.2 cm³/mol. The summed E-state index contributed by atoms with van der Waals surface area (Å²) >= 11 is 7.12. The fourth-order valence-electron chi connectivity index (χ4n) is 0.791. The topological polar surface area (TPSA) is 17.1 Å². The van der Waals surface area contributed by atoms with E-state index in [1.54, 1.807) is 28.7 Å². The summed E-state index contributed by atoms with van der Waals surface area (Å²) in [5.74, 6) is -0.744. The van der Waals surface area contributed by atoms with Crippen LogP contribution in [0, 0.1) is 9.39 Å². The molecular weight excluding hydrogens is 293 g/mol. The third-order valence-corrected chi connectivity index (χ3v) is 2.71. The molecule has 0 fully saturated rings. The highest BCUT2D eigenvalue weighted by Gasteiger charge is 2.10. The first kappa shape index (κ1) is 9.92. The second-order valence-electron chi connectivity index (χ2n) is 2.16. The molecule has 0 atom stereocenters. The minimum atomic E-state index is -0.383. The minimum Gasteiger partial charge on any atom is -0.293 e. The molecule has 1 aromatic carbocycles. The molecule has 0 unspecified atom stereocenters. The summed E-state index contributed by atoms with van der Waals surface area (Å²) < 4.78 is 13.2. The van der Waals surface area contributed by atoms with Gasteiger partial charge in [-0.05, 0) is 28.7 Å². The van der Waals surface area contributed by atoms with Crippen molar-refractivity contribution in [1.29, 1.82) is 0 Å². The summed E-state index contributed by atoms with van der Waals surface area (Å²) in [6.07, 6.45) is 0. The molecule has 0 saturated carbocycles. The second kappa shape index (κ2) is 4.18. The van der Waals surface area contributed by atoms with Gasteiger partial charge in [-0.1, -0.05) is 12.1 Å². The quantitative estimate of drug-likeness (QED) is 0.466. The van der Waals surface area contributed by atoms with Crippen LogP contribution in [0.2, 0.25) is 0 Å². The molecule has 0 spiro atoms. The van der Waals surface area contributed by atoms with Crippen LogP contribution in [0.4, 0.5) is 4.39 Å². The number of Topliss-reactive ketones (excluding diaryl/α,β-unsaturated/α-hetero) is 1. The molecule has 0 heterocycles. The lowest BCUT2D eigenvalue weighted by molar-refractivity contribution is 0.101. The van der Waals surface area contributed by atoms with Gasteiger partial charge in [-0.2, -0.15) is 0 Å². The van der Waals surface area contributed by atoms with Gasteiger partial charge in [0.2, 0.25) is 0 Å². The van der Waals surface area contributed by atoms with E-state index in [4.69, 9.17) is 11.6 Å². The SMILES string of the molecule is O=C(CCl)c1cccc(F)c1I. The van der Waals surface area contributed by atoms with Crippen molar-refractivity contribution in [2.24, 2.45) is 0 Å². The Hall–Kier alpha value is -0.160. The molecular formula is C8H5ClFIO. The molecule has 12 heavy (non-hydrogen) atoms. The molecule has 4 heteroatoms. The van der Waals surface area contributed by atoms with E-state index in [0.29, 0.717) is 9.13 Å². The first-order valence-electron chi connectivity index (χ1n) is 3.20. The van der Waals surface area contributed by atoms with E-state index in [1.807, 2.05) is 0 Å². The highest BCUT2D eigenvalue weighted by molar-refractivity contribution is 14.1. The largest absolute Gasteiger partial charge is 0.293 e. The lowest BCUT2D eigenvalue weighted by atomic mass is 10.1. The molecule has 64 valence electrons. The number of hydrogen-bond donors (Lipinski definition) is 0. The van der Waals surface area contributed by atoms with E-state index in [1.165, 1.54) is 12.1 Å². The van der Waals surface area contributed by atoms with Gasteiger partial charge in [-0.25, -0.2) is 4.39 Å². The molecule has 0 aliphatic carbocycles. The van der Waals surface area contributed by atoms with E-state index in [9.17, 15) is 9.18 Å². The Morgan fingerprint density at radius 3 is 2.83 bits per heavy atom. The minimum absolute atomic E-state index is 0.112. The third kappa shape index (κ3) is 1.95. The van der Waals surface area contributed by atoms with Gasteiger partial charge in [0.15, 0.2) is 5.78 Å². The van der Waals surface area contributed by atoms with Crippen molar-refractivity contribution in [3.8, 4) is 0 Å². The van der Waals surface area contributed by atoms with E-state index < -0.39 is 0 Å². The normalized spacial score (nSPS) is 9.92. The Morgan fingerprint density at radius 1 is 1.58 bits per heavy atom. The molecule has 0 radical (unpaired) electrons. The maximum absolute atomic E-state index is 12.9. The van der Waals surface area contributed by atoms with Gasteiger partial charge in [0.05, 0.1) is 9.45 Å². The number of halogens is 3. The van der Waals surface area contributed by atoms with Gasteiger partial charge in [0, 0.05) is 5.56 Å². The molecule has 0 N–H and O–H groups in total. The number of ketones is 1. The smallest absolute Gasteiger partial charge is 0.178 e. The average Bonchev–Trinajstić information content (AvgIpc) is 2.08. The van der Waals surface area contributed by atoms with Gasteiger partial charge in [0.1, 0.15) is 5.82 Å². The summed E-state index contributed by atoms with van der Waals surface area (Å²) in [6.45, 7) is 0. The van der Waals surface area contributed by atoms with Crippen molar-refractivity contribution in [3.63, 3.8) is 0 Å². The van der Waals surface area contributed by atoms with Crippen molar-refractivity contribution < 1.29 is 9.18 Å². The van der Waals surface area contributed by atoms with Crippen molar-refractivity contribution in [1.82, 2.24) is 0 Å². The summed E-state index contributed by atoms with van der Waals surface area (Å²) in [5.41, 5.74) is 0.352. The van der Waals surface area contributed by atoms with Gasteiger partial charge in [-0.15, -0.1) is 11.6 Å². The van der Waals surface area contributed by atoms with Gasteiger partial charge in [0.25, 0.3) is 0 Å². The Bertz CT molecular complexity index is 314. The van der Waals surface area contributed by atoms with Crippen LogP contribution in [0.1, 0.15) is 10.4 Å². The van der Waals surface area contributed by atoms with Crippen LogP contribution in [0.15, 0.2) is 18.2 Å². The van der Waals surface area contributed by atoms with Crippen LogP contribution >= 0.6 is 34.2 Å². The van der Waals surface area contributed by atoms with Crippen molar-refractivity contribution >= 4 is 40.0 Å². The number of carbonyl (C=O) groups excluding carboxylic acids is 1. The summed E-state index contributed by atoms with van der Waals surface area (Å²) in [4.78, 5) is 11.1. The summed E-state index contributed by atoms with van der Waals surface area (Å²) in [6, 6.07) is 4.37. The molecule has 0 aromatic heterocycles. The van der Waals surface area contributed by atoms with E-state index >= 15 is 0 Å². The van der Waals surface area contributed by atoms with Crippen LogP contribution in [0.3, 0.4) is 0 Å². The first-order chi connectivity index (χ1) is 5.66. The molecule has 0 amide bonds. The molecule has 1 nitrogen and oxygen atoms in total. The number of alkyl halides is 1. The first-order valence-corrected chi connectivity index (χ1v) is 4.81. The van der Waals surface area contributed by atoms with Gasteiger partial charge >= 0.3 is 0 Å². The average molecular weight is 298 g/mol. The lowest BCUT2D eigenvalue weighted by Crippen LogP contribution is -2.04. The van der Waals surface area contributed by atoms with Crippen LogP contribution in [0.5, 0.6) is 0 Å². The Kier molecular flexibility index (Phi) is 3.46. The highest BCUT2D eigenvalue weighted by atomic mass is 127. The zero-order valence-electron chi connectivity index (χ0n) is 5.98. The number of rotatable bonds is 2. The van der Waals surface area contributed by atoms with Gasteiger partial charge < -0.3 is 0 Å². The second-order valence-corrected chi connectivity index (χ2v) is 3.50.